The second kappa shape index (κ2) is 6.42. The zero-order valence-electron chi connectivity index (χ0n) is 10.5. The predicted octanol–water partition coefficient (Wildman–Crippen LogP) is 2.05. The number of hydrogen-bond donors (Lipinski definition) is 0. The SMILES string of the molecule is CC(CC#N)N(C)C(=O)C(C#N)c1ccccc1. The molecule has 1 aromatic carbocycles. The molecule has 0 radical (unpaired) electrons. The van der Waals surface area contributed by atoms with Crippen LogP contribution in [0.3, 0.4) is 0 Å². The molecule has 2 unspecified atom stereocenters. The molecular formula is C14H15N3O. The first kappa shape index (κ1) is 13.7. The summed E-state index contributed by atoms with van der Waals surface area (Å²) >= 11 is 0. The van der Waals surface area contributed by atoms with Crippen LogP contribution in [0.2, 0.25) is 0 Å². The molecule has 92 valence electrons. The van der Waals surface area contributed by atoms with Gasteiger partial charge in [0.25, 0.3) is 0 Å². The van der Waals surface area contributed by atoms with Crippen molar-refractivity contribution in [3.8, 4) is 12.1 Å². The van der Waals surface area contributed by atoms with Gasteiger partial charge in [0.05, 0.1) is 18.6 Å². The highest BCUT2D eigenvalue weighted by Gasteiger charge is 2.26. The Morgan fingerprint density at radius 1 is 1.33 bits per heavy atom. The minimum atomic E-state index is -0.808. The van der Waals surface area contributed by atoms with E-state index in [2.05, 4.69) is 0 Å². The first-order valence-corrected chi connectivity index (χ1v) is 5.70. The monoisotopic (exact) mass is 241 g/mol. The van der Waals surface area contributed by atoms with Crippen molar-refractivity contribution in [3.63, 3.8) is 0 Å². The van der Waals surface area contributed by atoms with Gasteiger partial charge in [-0.2, -0.15) is 10.5 Å². The molecular weight excluding hydrogens is 226 g/mol. The summed E-state index contributed by atoms with van der Waals surface area (Å²) in [6, 6.07) is 12.8. The van der Waals surface area contributed by atoms with E-state index < -0.39 is 5.92 Å². The second-order valence-electron chi connectivity index (χ2n) is 4.13. The van der Waals surface area contributed by atoms with Crippen molar-refractivity contribution in [2.45, 2.75) is 25.3 Å². The largest absolute Gasteiger partial charge is 0.341 e. The van der Waals surface area contributed by atoms with Crippen LogP contribution in [-0.4, -0.2) is 23.9 Å². The number of likely N-dealkylation sites (N-methyl/N-ethyl adjacent to an activating group) is 1. The van der Waals surface area contributed by atoms with Gasteiger partial charge in [0.1, 0.15) is 5.92 Å². The fraction of sp³-hybridized carbons (Fsp3) is 0.357. The van der Waals surface area contributed by atoms with Crippen LogP contribution in [0.4, 0.5) is 0 Å². The average Bonchev–Trinajstić information content (AvgIpc) is 2.40. The number of carbonyl (C=O) groups is 1. The summed E-state index contributed by atoms with van der Waals surface area (Å²) in [4.78, 5) is 13.6. The third-order valence-electron chi connectivity index (χ3n) is 2.90. The summed E-state index contributed by atoms with van der Waals surface area (Å²) < 4.78 is 0. The maximum absolute atomic E-state index is 12.2. The van der Waals surface area contributed by atoms with Crippen molar-refractivity contribution < 1.29 is 4.79 Å². The van der Waals surface area contributed by atoms with Gasteiger partial charge in [0.2, 0.25) is 5.91 Å². The lowest BCUT2D eigenvalue weighted by atomic mass is 9.98. The quantitative estimate of drug-likeness (QED) is 0.810. The second-order valence-corrected chi connectivity index (χ2v) is 4.13. The zero-order chi connectivity index (χ0) is 13.5. The van der Waals surface area contributed by atoms with E-state index >= 15 is 0 Å². The van der Waals surface area contributed by atoms with Crippen molar-refractivity contribution >= 4 is 5.91 Å². The molecule has 1 amide bonds. The van der Waals surface area contributed by atoms with Crippen LogP contribution in [0, 0.1) is 22.7 Å². The normalized spacial score (nSPS) is 12.9. The van der Waals surface area contributed by atoms with Crippen LogP contribution in [0.5, 0.6) is 0 Å². The van der Waals surface area contributed by atoms with Crippen LogP contribution in [0.25, 0.3) is 0 Å². The number of benzene rings is 1. The smallest absolute Gasteiger partial charge is 0.244 e. The highest BCUT2D eigenvalue weighted by molar-refractivity contribution is 5.86. The molecule has 2 atom stereocenters. The lowest BCUT2D eigenvalue weighted by molar-refractivity contribution is -0.131. The molecule has 0 spiro atoms. The maximum atomic E-state index is 12.2. The number of amides is 1. The van der Waals surface area contributed by atoms with Crippen molar-refractivity contribution in [1.29, 1.82) is 10.5 Å². The molecule has 0 bridgehead atoms. The van der Waals surface area contributed by atoms with Gasteiger partial charge >= 0.3 is 0 Å². The maximum Gasteiger partial charge on any atom is 0.244 e. The average molecular weight is 241 g/mol. The van der Waals surface area contributed by atoms with E-state index in [0.717, 1.165) is 0 Å². The number of rotatable bonds is 4. The van der Waals surface area contributed by atoms with Crippen LogP contribution in [0.15, 0.2) is 30.3 Å². The summed E-state index contributed by atoms with van der Waals surface area (Å²) in [7, 11) is 1.62. The van der Waals surface area contributed by atoms with Gasteiger partial charge < -0.3 is 4.90 Å². The number of nitriles is 2. The molecule has 0 aliphatic rings. The van der Waals surface area contributed by atoms with Crippen LogP contribution in [-0.2, 0) is 4.79 Å². The zero-order valence-corrected chi connectivity index (χ0v) is 10.5. The van der Waals surface area contributed by atoms with Crippen LogP contribution >= 0.6 is 0 Å². The van der Waals surface area contributed by atoms with Crippen LogP contribution in [0.1, 0.15) is 24.8 Å². The molecule has 0 saturated heterocycles. The Morgan fingerprint density at radius 2 is 1.94 bits per heavy atom. The highest BCUT2D eigenvalue weighted by atomic mass is 16.2. The van der Waals surface area contributed by atoms with Gasteiger partial charge in [-0.3, -0.25) is 4.79 Å². The van der Waals surface area contributed by atoms with Gasteiger partial charge in [0.15, 0.2) is 0 Å². The summed E-state index contributed by atoms with van der Waals surface area (Å²) in [5, 5.41) is 17.8. The summed E-state index contributed by atoms with van der Waals surface area (Å²) in [5.41, 5.74) is 0.681. The van der Waals surface area contributed by atoms with Gasteiger partial charge in [-0.25, -0.2) is 0 Å². The Bertz CT molecular complexity index is 484. The van der Waals surface area contributed by atoms with Crippen LogP contribution < -0.4 is 0 Å². The lowest BCUT2D eigenvalue weighted by Crippen LogP contribution is -2.37. The van der Waals surface area contributed by atoms with E-state index in [1.165, 1.54) is 4.90 Å². The number of carbonyl (C=O) groups excluding carboxylic acids is 1. The van der Waals surface area contributed by atoms with Crippen molar-refractivity contribution in [2.75, 3.05) is 7.05 Å². The molecule has 4 heteroatoms. The number of hydrogen-bond acceptors (Lipinski definition) is 3. The third kappa shape index (κ3) is 3.09. The summed E-state index contributed by atoms with van der Waals surface area (Å²) in [6.07, 6.45) is 0.259. The van der Waals surface area contributed by atoms with Gasteiger partial charge in [-0.1, -0.05) is 30.3 Å². The third-order valence-corrected chi connectivity index (χ3v) is 2.90. The fourth-order valence-electron chi connectivity index (χ4n) is 1.61. The van der Waals surface area contributed by atoms with Crippen molar-refractivity contribution in [2.24, 2.45) is 0 Å². The molecule has 1 aromatic rings. The molecule has 0 heterocycles. The van der Waals surface area contributed by atoms with E-state index in [9.17, 15) is 4.79 Å². The fourth-order valence-corrected chi connectivity index (χ4v) is 1.61. The Labute approximate surface area is 107 Å². The predicted molar refractivity (Wildman–Crippen MR) is 67.3 cm³/mol. The highest BCUT2D eigenvalue weighted by Crippen LogP contribution is 2.18. The van der Waals surface area contributed by atoms with Gasteiger partial charge in [0, 0.05) is 13.1 Å². The van der Waals surface area contributed by atoms with Crippen molar-refractivity contribution in [1.82, 2.24) is 4.90 Å². The Morgan fingerprint density at radius 3 is 2.44 bits per heavy atom. The molecule has 0 aliphatic carbocycles. The Balaban J connectivity index is 2.88. The van der Waals surface area contributed by atoms with E-state index in [4.69, 9.17) is 10.5 Å². The molecule has 0 saturated carbocycles. The minimum absolute atomic E-state index is 0.193. The first-order valence-electron chi connectivity index (χ1n) is 5.70. The lowest BCUT2D eigenvalue weighted by Gasteiger charge is -2.25. The summed E-state index contributed by atoms with van der Waals surface area (Å²) in [5.74, 6) is -1.08. The van der Waals surface area contributed by atoms with E-state index in [-0.39, 0.29) is 18.4 Å². The first-order chi connectivity index (χ1) is 8.61. The van der Waals surface area contributed by atoms with Gasteiger partial charge in [-0.05, 0) is 12.5 Å². The topological polar surface area (TPSA) is 67.9 Å². The van der Waals surface area contributed by atoms with E-state index in [0.29, 0.717) is 5.56 Å². The molecule has 0 aliphatic heterocycles. The minimum Gasteiger partial charge on any atom is -0.341 e. The Hall–Kier alpha value is -2.33. The molecule has 1 rings (SSSR count). The number of nitrogens with zero attached hydrogens (tertiary/aromatic N) is 3. The van der Waals surface area contributed by atoms with E-state index in [1.807, 2.05) is 18.2 Å². The molecule has 0 aromatic heterocycles. The summed E-state index contributed by atoms with van der Waals surface area (Å²) in [6.45, 7) is 1.79. The standard InChI is InChI=1S/C14H15N3O/c1-11(8-9-15)17(2)14(18)13(10-16)12-6-4-3-5-7-12/h3-7,11,13H,8H2,1-2H3. The van der Waals surface area contributed by atoms with E-state index in [1.54, 1.807) is 38.2 Å². The molecule has 0 fully saturated rings. The van der Waals surface area contributed by atoms with Crippen molar-refractivity contribution in [3.05, 3.63) is 35.9 Å². The molecule has 0 N–H and O–H groups in total. The Kier molecular flexibility index (Phi) is 4.90. The van der Waals surface area contributed by atoms with Gasteiger partial charge in [-0.15, -0.1) is 0 Å². The molecule has 18 heavy (non-hydrogen) atoms. The molecule has 4 nitrogen and oxygen atoms in total.